The van der Waals surface area contributed by atoms with Gasteiger partial charge in [0.1, 0.15) is 46.5 Å². The van der Waals surface area contributed by atoms with Crippen molar-refractivity contribution in [2.45, 2.75) is 25.9 Å². The standard InChI is InChI=1S/C23H23Cl2N7O3.C21H22Cl2N4O3.C14H10N2O2/c1-35-16-5-2-14(3-6-16)10-17-20(28-8-9-29-22(27)30-13-26)31-23(34)32(21(17)33)12-15-4-7-18(24)19(25)11-15;1-30-15-5-2-13(3-6-15)10-16-19(25-9-8-24)26-21(29)27(20(16)28)12-14-4-7-17(22)18(23)11-14;15-11-16-14(17-12-7-3-1-4-8-12)18-13-9-5-2-6-10-13/h2-7,11,17H,8-10,12H2,1H3,(H3,27,29,30)(H,28,31,34);2-7,11,16H,8-10,12,24H2,1H3,(H,25,26,29);1-10H. The van der Waals surface area contributed by atoms with Gasteiger partial charge in [-0.25, -0.2) is 9.59 Å². The summed E-state index contributed by atoms with van der Waals surface area (Å²) in [4.78, 5) is 70.6. The zero-order chi connectivity index (χ0) is 59.7. The molecule has 0 aliphatic carbocycles. The lowest BCUT2D eigenvalue weighted by molar-refractivity contribution is -0.132. The van der Waals surface area contributed by atoms with E-state index in [1.165, 1.54) is 0 Å². The van der Waals surface area contributed by atoms with Gasteiger partial charge in [-0.3, -0.25) is 50.3 Å². The number of halogens is 4. The Morgan fingerprint density at radius 1 is 0.578 bits per heavy atom. The number of aliphatic imine (C=N–C) groups is 4. The van der Waals surface area contributed by atoms with E-state index in [9.17, 15) is 19.2 Å². The van der Waals surface area contributed by atoms with E-state index in [0.717, 1.165) is 26.7 Å². The van der Waals surface area contributed by atoms with Crippen molar-refractivity contribution in [3.8, 4) is 35.4 Å². The van der Waals surface area contributed by atoms with E-state index in [4.69, 9.17) is 87.3 Å². The number of imide groups is 2. The molecule has 2 aliphatic heterocycles. The summed E-state index contributed by atoms with van der Waals surface area (Å²) >= 11 is 24.1. The van der Waals surface area contributed by atoms with Crippen LogP contribution in [0.5, 0.6) is 23.0 Å². The highest BCUT2D eigenvalue weighted by Crippen LogP contribution is 2.28. The summed E-state index contributed by atoms with van der Waals surface area (Å²) in [5, 5.41) is 26.3. The number of methoxy groups -OCH3 is 2. The first-order chi connectivity index (χ1) is 40.1. The second-order valence-electron chi connectivity index (χ2n) is 17.5. The van der Waals surface area contributed by atoms with E-state index in [1.807, 2.05) is 72.8 Å². The number of nitrogens with zero attached hydrogens (tertiary/aromatic N) is 8. The van der Waals surface area contributed by atoms with Crippen molar-refractivity contribution in [1.82, 2.24) is 25.8 Å². The van der Waals surface area contributed by atoms with Gasteiger partial charge in [0.15, 0.2) is 6.19 Å². The van der Waals surface area contributed by atoms with Crippen LogP contribution in [0.25, 0.3) is 0 Å². The molecule has 0 spiro atoms. The van der Waals surface area contributed by atoms with Gasteiger partial charge in [0.2, 0.25) is 24.0 Å². The van der Waals surface area contributed by atoms with E-state index < -0.39 is 29.8 Å². The fraction of sp³-hybridized carbons (Fsp3) is 0.207. The summed E-state index contributed by atoms with van der Waals surface area (Å²) < 4.78 is 21.1. The van der Waals surface area contributed by atoms with Gasteiger partial charge in [-0.05, 0) is 108 Å². The number of hydrogen-bond acceptors (Lipinski definition) is 15. The summed E-state index contributed by atoms with van der Waals surface area (Å²) in [5.41, 5.74) is 14.2. The number of benzene rings is 6. The van der Waals surface area contributed by atoms with Gasteiger partial charge in [0.25, 0.3) is 0 Å². The molecule has 0 bridgehead atoms. The predicted octanol–water partition coefficient (Wildman–Crippen LogP) is 8.95. The van der Waals surface area contributed by atoms with Crippen LogP contribution in [0, 0.1) is 34.7 Å². The number of para-hydroxylation sites is 2. The maximum absolute atomic E-state index is 13.5. The normalized spacial score (nSPS) is 15.7. The number of amides is 6. The zero-order valence-corrected chi connectivity index (χ0v) is 47.7. The van der Waals surface area contributed by atoms with Crippen LogP contribution in [0.15, 0.2) is 166 Å². The molecular weight excluding hydrogens is 1150 g/mol. The maximum atomic E-state index is 13.5. The Morgan fingerprint density at radius 2 is 1.00 bits per heavy atom. The Hall–Kier alpha value is -9.22. The Balaban J connectivity index is 0.000000210. The number of guanidine groups is 1. The Bertz CT molecular complexity index is 3370. The molecular formula is C58H55Cl4N13O8. The minimum atomic E-state index is -0.734. The van der Waals surface area contributed by atoms with Gasteiger partial charge in [0, 0.05) is 6.54 Å². The Kier molecular flexibility index (Phi) is 24.5. The predicted molar refractivity (Wildman–Crippen MR) is 318 cm³/mol. The fourth-order valence-corrected chi connectivity index (χ4v) is 8.49. The number of nitriles is 2. The van der Waals surface area contributed by atoms with E-state index >= 15 is 0 Å². The van der Waals surface area contributed by atoms with Crippen LogP contribution in [-0.4, -0.2) is 97.8 Å². The number of carbonyl (C=O) groups excluding carboxylic acids is 4. The molecule has 21 nitrogen and oxygen atoms in total. The van der Waals surface area contributed by atoms with Gasteiger partial charge >= 0.3 is 18.1 Å². The largest absolute Gasteiger partial charge is 0.497 e. The lowest BCUT2D eigenvalue weighted by Crippen LogP contribution is -2.58. The summed E-state index contributed by atoms with van der Waals surface area (Å²) in [6.07, 6.45) is 3.90. The molecule has 25 heteroatoms. The van der Waals surface area contributed by atoms with E-state index in [-0.39, 0.29) is 50.0 Å². The van der Waals surface area contributed by atoms with Gasteiger partial charge in [0.05, 0.1) is 67.0 Å². The van der Waals surface area contributed by atoms with Crippen molar-refractivity contribution < 1.29 is 38.1 Å². The van der Waals surface area contributed by atoms with Crippen molar-refractivity contribution in [1.29, 1.82) is 10.5 Å². The first kappa shape index (κ1) is 63.0. The van der Waals surface area contributed by atoms with Crippen molar-refractivity contribution >= 4 is 94.0 Å². The number of rotatable bonds is 17. The van der Waals surface area contributed by atoms with Gasteiger partial charge in [-0.1, -0.05) is 124 Å². The van der Waals surface area contributed by atoms with Crippen LogP contribution < -0.4 is 46.4 Å². The molecule has 6 amide bonds. The van der Waals surface area contributed by atoms with Gasteiger partial charge in [-0.15, -0.1) is 0 Å². The molecule has 2 fully saturated rings. The molecule has 2 unspecified atom stereocenters. The van der Waals surface area contributed by atoms with Crippen LogP contribution in [0.2, 0.25) is 20.1 Å². The average molecular weight is 1200 g/mol. The van der Waals surface area contributed by atoms with Crippen LogP contribution in [0.3, 0.4) is 0 Å². The topological polar surface area (TPSA) is 297 Å². The molecule has 2 heterocycles. The third kappa shape index (κ3) is 19.2. The van der Waals surface area contributed by atoms with E-state index in [2.05, 4.69) is 35.9 Å². The van der Waals surface area contributed by atoms with Gasteiger partial charge in [-0.2, -0.15) is 10.5 Å². The van der Waals surface area contributed by atoms with Crippen molar-refractivity contribution in [2.24, 2.45) is 43.3 Å². The third-order valence-corrected chi connectivity index (χ3v) is 13.4. The molecule has 6 aromatic carbocycles. The van der Waals surface area contributed by atoms with Crippen molar-refractivity contribution in [2.75, 3.05) is 40.4 Å². The molecule has 2 aliphatic rings. The molecule has 428 valence electrons. The number of amidine groups is 2. The fourth-order valence-electron chi connectivity index (χ4n) is 7.85. The molecule has 83 heavy (non-hydrogen) atoms. The second-order valence-corrected chi connectivity index (χ2v) is 19.2. The lowest BCUT2D eigenvalue weighted by Gasteiger charge is -2.32. The van der Waals surface area contributed by atoms with Crippen LogP contribution in [0.1, 0.15) is 22.3 Å². The highest BCUT2D eigenvalue weighted by molar-refractivity contribution is 6.42. The Morgan fingerprint density at radius 3 is 1.39 bits per heavy atom. The average Bonchev–Trinajstić information content (AvgIpc) is 3.56. The van der Waals surface area contributed by atoms with E-state index in [0.29, 0.717) is 80.2 Å². The molecule has 0 saturated carbocycles. The number of nitrogens with two attached hydrogens (primary N) is 2. The first-order valence-corrected chi connectivity index (χ1v) is 26.7. The Labute approximate surface area is 498 Å². The molecule has 8 rings (SSSR count). The van der Waals surface area contributed by atoms with Crippen molar-refractivity contribution in [3.63, 3.8) is 0 Å². The van der Waals surface area contributed by atoms with Crippen LogP contribution >= 0.6 is 46.4 Å². The minimum Gasteiger partial charge on any atom is -0.497 e. The summed E-state index contributed by atoms with van der Waals surface area (Å²) in [6, 6.07) is 41.5. The number of urea groups is 2. The van der Waals surface area contributed by atoms with Gasteiger partial charge < -0.3 is 30.4 Å². The van der Waals surface area contributed by atoms with E-state index in [1.54, 1.807) is 99.4 Å². The molecule has 2 saturated heterocycles. The molecule has 0 radical (unpaired) electrons. The molecule has 0 aromatic heterocycles. The smallest absolute Gasteiger partial charge is 0.410 e. The monoisotopic (exact) mass is 1200 g/mol. The van der Waals surface area contributed by atoms with Crippen molar-refractivity contribution in [3.05, 3.63) is 188 Å². The third-order valence-electron chi connectivity index (χ3n) is 11.9. The number of ether oxygens (including phenoxy) is 4. The number of nitrogens with one attached hydrogen (secondary N) is 3. The maximum Gasteiger partial charge on any atom is 0.410 e. The lowest BCUT2D eigenvalue weighted by atomic mass is 9.94. The number of carbonyl (C=O) groups is 4. The minimum absolute atomic E-state index is 0.0224. The highest BCUT2D eigenvalue weighted by Gasteiger charge is 2.40. The SMILES string of the molecule is COc1ccc(CC2C(=O)N(Cc3ccc(Cl)c(Cl)c3)C(=O)NC2=NCCN)cc1.COc1ccc(CC2C(=O)N(Cc3ccc(Cl)c(Cl)c3)C(=O)NC2=NCCN=C(N)NC#N)cc1.N#CN=C(Oc1ccccc1)Oc1ccccc1. The molecule has 6 aromatic rings. The molecule has 2 atom stereocenters. The summed E-state index contributed by atoms with van der Waals surface area (Å²) in [5.74, 6) is 0.950. The first-order valence-electron chi connectivity index (χ1n) is 25.2. The van der Waals surface area contributed by atoms with Crippen LogP contribution in [0.4, 0.5) is 9.59 Å². The highest BCUT2D eigenvalue weighted by atomic mass is 35.5. The van der Waals surface area contributed by atoms with Crippen LogP contribution in [-0.2, 0) is 35.5 Å². The summed E-state index contributed by atoms with van der Waals surface area (Å²) in [6.45, 7) is 1.04. The molecule has 7 N–H and O–H groups in total. The number of hydrogen-bond donors (Lipinski definition) is 5. The second kappa shape index (κ2) is 32.3. The quantitative estimate of drug-likeness (QED) is 0.0188. The summed E-state index contributed by atoms with van der Waals surface area (Å²) in [7, 11) is 3.16. The zero-order valence-electron chi connectivity index (χ0n) is 44.7.